The number of hydrogen-bond donors (Lipinski definition) is 2. The molecule has 0 unspecified atom stereocenters. The van der Waals surface area contributed by atoms with E-state index in [1.165, 1.54) is 31.7 Å². The van der Waals surface area contributed by atoms with Gasteiger partial charge >= 0.3 is 11.9 Å². The Bertz CT molecular complexity index is 640. The number of benzene rings is 1. The zero-order valence-electron chi connectivity index (χ0n) is 17.1. The smallest absolute Gasteiger partial charge is 0.414 e. The molecule has 1 saturated heterocycles. The van der Waals surface area contributed by atoms with Crippen molar-refractivity contribution < 1.29 is 24.5 Å². The van der Waals surface area contributed by atoms with Crippen LogP contribution >= 0.6 is 11.6 Å². The number of nitrogens with zero attached hydrogens (tertiary/aromatic N) is 2. The summed E-state index contributed by atoms with van der Waals surface area (Å²) in [6.45, 7) is 13.1. The van der Waals surface area contributed by atoms with Gasteiger partial charge in [-0.15, -0.1) is 0 Å². The number of ether oxygens (including phenoxy) is 1. The SMILES string of the molecule is CN1CCN(CCCOc2ccc(Cl)cc2C(C)(C)C)CC1.O=C(O)C(=O)O. The molecule has 1 fully saturated rings. The van der Waals surface area contributed by atoms with Gasteiger partial charge in [-0.3, -0.25) is 0 Å². The molecule has 0 saturated carbocycles. The van der Waals surface area contributed by atoms with E-state index in [1.54, 1.807) is 0 Å². The maximum Gasteiger partial charge on any atom is 0.414 e. The van der Waals surface area contributed by atoms with Crippen molar-refractivity contribution in [2.24, 2.45) is 0 Å². The van der Waals surface area contributed by atoms with Crippen LogP contribution in [0.15, 0.2) is 18.2 Å². The Kier molecular flexibility index (Phi) is 9.72. The molecule has 1 aliphatic heterocycles. The third kappa shape index (κ3) is 8.91. The molecule has 0 atom stereocenters. The van der Waals surface area contributed by atoms with E-state index in [0.717, 1.165) is 30.3 Å². The second-order valence-electron chi connectivity index (χ2n) is 7.85. The molecule has 1 aromatic rings. The molecule has 0 aliphatic carbocycles. The van der Waals surface area contributed by atoms with Crippen LogP contribution in [0, 0.1) is 0 Å². The second kappa shape index (κ2) is 11.2. The molecule has 28 heavy (non-hydrogen) atoms. The van der Waals surface area contributed by atoms with E-state index in [1.807, 2.05) is 18.2 Å². The van der Waals surface area contributed by atoms with Crippen LogP contribution < -0.4 is 4.74 Å². The highest BCUT2D eigenvalue weighted by atomic mass is 35.5. The predicted molar refractivity (Wildman–Crippen MR) is 109 cm³/mol. The number of likely N-dealkylation sites (N-methyl/N-ethyl adjacent to an activating group) is 1. The Morgan fingerprint density at radius 3 is 2.18 bits per heavy atom. The van der Waals surface area contributed by atoms with Crippen LogP contribution in [0.1, 0.15) is 32.8 Å². The summed E-state index contributed by atoms with van der Waals surface area (Å²) in [5.74, 6) is -2.68. The molecule has 0 amide bonds. The molecule has 2 rings (SSSR count). The first kappa shape index (κ1) is 24.2. The minimum atomic E-state index is -1.82. The van der Waals surface area contributed by atoms with Crippen molar-refractivity contribution in [1.29, 1.82) is 0 Å². The van der Waals surface area contributed by atoms with Gasteiger partial charge in [0.25, 0.3) is 0 Å². The topological polar surface area (TPSA) is 90.3 Å². The quantitative estimate of drug-likeness (QED) is 0.565. The lowest BCUT2D eigenvalue weighted by molar-refractivity contribution is -0.159. The Morgan fingerprint density at radius 1 is 1.11 bits per heavy atom. The fourth-order valence-electron chi connectivity index (χ4n) is 2.76. The fourth-order valence-corrected chi connectivity index (χ4v) is 2.93. The number of piperazine rings is 1. The molecule has 2 N–H and O–H groups in total. The van der Waals surface area contributed by atoms with Crippen molar-refractivity contribution in [3.63, 3.8) is 0 Å². The molecule has 0 aromatic heterocycles. The van der Waals surface area contributed by atoms with Crippen LogP contribution in [0.3, 0.4) is 0 Å². The van der Waals surface area contributed by atoms with Crippen molar-refractivity contribution in [2.45, 2.75) is 32.6 Å². The van der Waals surface area contributed by atoms with Crippen LogP contribution in [0.4, 0.5) is 0 Å². The Labute approximate surface area is 171 Å². The number of hydrogen-bond acceptors (Lipinski definition) is 5. The van der Waals surface area contributed by atoms with Gasteiger partial charge in [0, 0.05) is 43.3 Å². The summed E-state index contributed by atoms with van der Waals surface area (Å²) in [5.41, 5.74) is 1.22. The zero-order valence-corrected chi connectivity index (χ0v) is 17.8. The van der Waals surface area contributed by atoms with Crippen molar-refractivity contribution in [2.75, 3.05) is 46.4 Å². The van der Waals surface area contributed by atoms with E-state index >= 15 is 0 Å². The van der Waals surface area contributed by atoms with E-state index in [9.17, 15) is 0 Å². The number of halogens is 1. The molecule has 1 aliphatic rings. The molecule has 0 spiro atoms. The minimum Gasteiger partial charge on any atom is -0.493 e. The van der Waals surface area contributed by atoms with Crippen molar-refractivity contribution in [3.05, 3.63) is 28.8 Å². The monoisotopic (exact) mass is 414 g/mol. The molecular formula is C20H31ClN2O5. The number of rotatable bonds is 5. The van der Waals surface area contributed by atoms with E-state index < -0.39 is 11.9 Å². The molecule has 1 heterocycles. The van der Waals surface area contributed by atoms with Crippen LogP contribution in [-0.4, -0.2) is 78.3 Å². The average Bonchev–Trinajstić information content (AvgIpc) is 2.61. The third-order valence-electron chi connectivity index (χ3n) is 4.40. The van der Waals surface area contributed by atoms with Crippen LogP contribution in [-0.2, 0) is 15.0 Å². The van der Waals surface area contributed by atoms with E-state index in [0.29, 0.717) is 0 Å². The predicted octanol–water partition coefficient (Wildman–Crippen LogP) is 2.81. The maximum absolute atomic E-state index is 9.10. The summed E-state index contributed by atoms with van der Waals surface area (Å²) in [6.07, 6.45) is 1.07. The molecule has 7 nitrogen and oxygen atoms in total. The Hall–Kier alpha value is -1.83. The zero-order chi connectivity index (χ0) is 21.3. The van der Waals surface area contributed by atoms with Gasteiger partial charge in [0.15, 0.2) is 0 Å². The highest BCUT2D eigenvalue weighted by molar-refractivity contribution is 6.30. The normalized spacial score (nSPS) is 15.5. The van der Waals surface area contributed by atoms with Crippen molar-refractivity contribution in [3.8, 4) is 5.75 Å². The molecular weight excluding hydrogens is 384 g/mol. The fraction of sp³-hybridized carbons (Fsp3) is 0.600. The summed E-state index contributed by atoms with van der Waals surface area (Å²) in [6, 6.07) is 5.93. The highest BCUT2D eigenvalue weighted by Gasteiger charge is 2.19. The van der Waals surface area contributed by atoms with Gasteiger partial charge in [-0.25, -0.2) is 9.59 Å². The second-order valence-corrected chi connectivity index (χ2v) is 8.28. The van der Waals surface area contributed by atoms with Crippen LogP contribution in [0.2, 0.25) is 5.02 Å². The summed E-state index contributed by atoms with van der Waals surface area (Å²) in [5, 5.41) is 15.6. The first-order chi connectivity index (χ1) is 13.0. The molecule has 158 valence electrons. The standard InChI is InChI=1S/C18H29ClN2O.C2H2O4/c1-18(2,3)16-14-15(19)6-7-17(16)22-13-5-8-21-11-9-20(4)10-12-21;3-1(4)2(5)6/h6-7,14H,5,8-13H2,1-4H3;(H,3,4)(H,5,6). The van der Waals surface area contributed by atoms with Crippen molar-refractivity contribution >= 4 is 23.5 Å². The maximum atomic E-state index is 9.10. The van der Waals surface area contributed by atoms with Crippen molar-refractivity contribution in [1.82, 2.24) is 9.80 Å². The first-order valence-corrected chi connectivity index (χ1v) is 9.68. The van der Waals surface area contributed by atoms with Gasteiger partial charge in [0.1, 0.15) is 5.75 Å². The summed E-state index contributed by atoms with van der Waals surface area (Å²) < 4.78 is 6.04. The number of carboxylic acid groups (broad SMARTS) is 2. The van der Waals surface area contributed by atoms with Gasteiger partial charge in [-0.05, 0) is 37.1 Å². The van der Waals surface area contributed by atoms with Gasteiger partial charge in [0.2, 0.25) is 0 Å². The number of aliphatic carboxylic acids is 2. The average molecular weight is 415 g/mol. The molecule has 1 aromatic carbocycles. The van der Waals surface area contributed by atoms with Crippen LogP contribution in [0.5, 0.6) is 5.75 Å². The third-order valence-corrected chi connectivity index (χ3v) is 4.64. The summed E-state index contributed by atoms with van der Waals surface area (Å²) in [4.78, 5) is 23.1. The van der Waals surface area contributed by atoms with Gasteiger partial charge in [-0.2, -0.15) is 0 Å². The van der Waals surface area contributed by atoms with Gasteiger partial charge in [-0.1, -0.05) is 32.4 Å². The molecule has 0 bridgehead atoms. The Balaban J connectivity index is 0.000000568. The lowest BCUT2D eigenvalue weighted by atomic mass is 9.86. The highest BCUT2D eigenvalue weighted by Crippen LogP contribution is 2.33. The van der Waals surface area contributed by atoms with Crippen LogP contribution in [0.25, 0.3) is 0 Å². The molecule has 8 heteroatoms. The first-order valence-electron chi connectivity index (χ1n) is 9.30. The minimum absolute atomic E-state index is 0.0394. The number of carboxylic acids is 2. The van der Waals surface area contributed by atoms with E-state index in [2.05, 4.69) is 37.6 Å². The Morgan fingerprint density at radius 2 is 1.68 bits per heavy atom. The largest absolute Gasteiger partial charge is 0.493 e. The lowest BCUT2D eigenvalue weighted by Gasteiger charge is -2.32. The molecule has 0 radical (unpaired) electrons. The van der Waals surface area contributed by atoms with Gasteiger partial charge in [0.05, 0.1) is 6.61 Å². The number of carbonyl (C=O) groups is 2. The van der Waals surface area contributed by atoms with Gasteiger partial charge < -0.3 is 24.7 Å². The lowest BCUT2D eigenvalue weighted by Crippen LogP contribution is -2.44. The van der Waals surface area contributed by atoms with E-state index in [4.69, 9.17) is 36.1 Å². The van der Waals surface area contributed by atoms with E-state index in [-0.39, 0.29) is 5.41 Å². The summed E-state index contributed by atoms with van der Waals surface area (Å²) >= 11 is 6.13. The summed E-state index contributed by atoms with van der Waals surface area (Å²) in [7, 11) is 2.19.